The zero-order valence-electron chi connectivity index (χ0n) is 11.5. The fourth-order valence-electron chi connectivity index (χ4n) is 2.11. The van der Waals surface area contributed by atoms with Gasteiger partial charge in [-0.05, 0) is 30.7 Å². The van der Waals surface area contributed by atoms with Crippen LogP contribution in [0.2, 0.25) is 5.02 Å². The van der Waals surface area contributed by atoms with Gasteiger partial charge < -0.3 is 10.2 Å². The first-order valence-electron chi connectivity index (χ1n) is 6.45. The highest BCUT2D eigenvalue weighted by atomic mass is 35.5. The Morgan fingerprint density at radius 2 is 2.15 bits per heavy atom. The SMILES string of the molecule is CN(C(=O)CSCc1ccc(Cl)cc1)C1CCNC1.Cl. The second-order valence-corrected chi connectivity index (χ2v) is 6.19. The maximum Gasteiger partial charge on any atom is 0.232 e. The summed E-state index contributed by atoms with van der Waals surface area (Å²) in [4.78, 5) is 13.9. The number of likely N-dealkylation sites (N-methyl/N-ethyl adjacent to an activating group) is 1. The Balaban J connectivity index is 0.00000200. The number of thioether (sulfide) groups is 1. The Morgan fingerprint density at radius 1 is 1.45 bits per heavy atom. The molecule has 1 aromatic rings. The standard InChI is InChI=1S/C14H19ClN2OS.ClH/c1-17(13-6-7-16-8-13)14(18)10-19-9-11-2-4-12(15)5-3-11;/h2-5,13,16H,6-10H2,1H3;1H. The molecule has 1 aromatic carbocycles. The number of carbonyl (C=O) groups is 1. The van der Waals surface area contributed by atoms with Gasteiger partial charge in [-0.3, -0.25) is 4.79 Å². The number of amides is 1. The molecule has 1 amide bonds. The summed E-state index contributed by atoms with van der Waals surface area (Å²) in [7, 11) is 1.91. The first-order chi connectivity index (χ1) is 9.16. The Hall–Kier alpha value is -0.420. The fourth-order valence-corrected chi connectivity index (χ4v) is 3.15. The summed E-state index contributed by atoms with van der Waals surface area (Å²) in [6, 6.07) is 8.14. The molecule has 0 aliphatic carbocycles. The van der Waals surface area contributed by atoms with E-state index in [1.807, 2.05) is 36.2 Å². The molecule has 20 heavy (non-hydrogen) atoms. The second-order valence-electron chi connectivity index (χ2n) is 4.77. The summed E-state index contributed by atoms with van der Waals surface area (Å²) < 4.78 is 0. The highest BCUT2D eigenvalue weighted by molar-refractivity contribution is 7.99. The van der Waals surface area contributed by atoms with Crippen LogP contribution >= 0.6 is 35.8 Å². The van der Waals surface area contributed by atoms with Crippen molar-refractivity contribution in [2.24, 2.45) is 0 Å². The van der Waals surface area contributed by atoms with Crippen LogP contribution in [0.25, 0.3) is 0 Å². The minimum Gasteiger partial charge on any atom is -0.341 e. The normalized spacial score (nSPS) is 17.6. The monoisotopic (exact) mass is 334 g/mol. The van der Waals surface area contributed by atoms with Gasteiger partial charge >= 0.3 is 0 Å². The molecule has 1 unspecified atom stereocenters. The second kappa shape index (κ2) is 8.78. The molecule has 1 N–H and O–H groups in total. The maximum atomic E-state index is 12.0. The number of carbonyl (C=O) groups excluding carboxylic acids is 1. The summed E-state index contributed by atoms with van der Waals surface area (Å²) in [5, 5.41) is 4.03. The number of halogens is 2. The summed E-state index contributed by atoms with van der Waals surface area (Å²) in [5.74, 6) is 1.60. The topological polar surface area (TPSA) is 32.3 Å². The molecule has 0 spiro atoms. The molecule has 1 heterocycles. The van der Waals surface area contributed by atoms with Gasteiger partial charge in [0.1, 0.15) is 0 Å². The fraction of sp³-hybridized carbons (Fsp3) is 0.500. The van der Waals surface area contributed by atoms with E-state index in [9.17, 15) is 4.79 Å². The van der Waals surface area contributed by atoms with Crippen molar-refractivity contribution in [1.82, 2.24) is 10.2 Å². The van der Waals surface area contributed by atoms with E-state index >= 15 is 0 Å². The van der Waals surface area contributed by atoms with E-state index in [2.05, 4.69) is 5.32 Å². The number of rotatable bonds is 5. The van der Waals surface area contributed by atoms with E-state index in [4.69, 9.17) is 11.6 Å². The van der Waals surface area contributed by atoms with Crippen molar-refractivity contribution >= 4 is 41.7 Å². The van der Waals surface area contributed by atoms with E-state index in [0.717, 1.165) is 30.3 Å². The molecule has 1 atom stereocenters. The van der Waals surface area contributed by atoms with Gasteiger partial charge in [-0.15, -0.1) is 24.2 Å². The molecular formula is C14H20Cl2N2OS. The van der Waals surface area contributed by atoms with Crippen molar-refractivity contribution in [3.05, 3.63) is 34.9 Å². The largest absolute Gasteiger partial charge is 0.341 e. The summed E-state index contributed by atoms with van der Waals surface area (Å²) in [6.45, 7) is 1.93. The molecular weight excluding hydrogens is 315 g/mol. The van der Waals surface area contributed by atoms with E-state index in [-0.39, 0.29) is 18.3 Å². The van der Waals surface area contributed by atoms with Gasteiger partial charge in [0.2, 0.25) is 5.91 Å². The van der Waals surface area contributed by atoms with E-state index in [1.165, 1.54) is 5.56 Å². The lowest BCUT2D eigenvalue weighted by atomic mass is 10.2. The third-order valence-electron chi connectivity index (χ3n) is 3.38. The van der Waals surface area contributed by atoms with Crippen molar-refractivity contribution < 1.29 is 4.79 Å². The van der Waals surface area contributed by atoms with Crippen LogP contribution in [-0.4, -0.2) is 42.7 Å². The molecule has 0 radical (unpaired) electrons. The number of hydrogen-bond acceptors (Lipinski definition) is 3. The Kier molecular flexibility index (Phi) is 7.74. The molecule has 6 heteroatoms. The predicted octanol–water partition coefficient (Wildman–Crippen LogP) is 2.82. The van der Waals surface area contributed by atoms with Crippen LogP contribution in [0.5, 0.6) is 0 Å². The third-order valence-corrected chi connectivity index (χ3v) is 4.62. The maximum absolute atomic E-state index is 12.0. The van der Waals surface area contributed by atoms with Crippen LogP contribution in [0.3, 0.4) is 0 Å². The van der Waals surface area contributed by atoms with Crippen LogP contribution in [0, 0.1) is 0 Å². The van der Waals surface area contributed by atoms with Crippen molar-refractivity contribution in [3.8, 4) is 0 Å². The van der Waals surface area contributed by atoms with Crippen LogP contribution < -0.4 is 5.32 Å². The smallest absolute Gasteiger partial charge is 0.232 e. The average Bonchev–Trinajstić information content (AvgIpc) is 2.94. The molecule has 1 aliphatic heterocycles. The van der Waals surface area contributed by atoms with Gasteiger partial charge in [0.15, 0.2) is 0 Å². The molecule has 2 rings (SSSR count). The minimum absolute atomic E-state index is 0. The highest BCUT2D eigenvalue weighted by Crippen LogP contribution is 2.16. The van der Waals surface area contributed by atoms with Crippen molar-refractivity contribution in [1.29, 1.82) is 0 Å². The van der Waals surface area contributed by atoms with Crippen molar-refractivity contribution in [2.45, 2.75) is 18.2 Å². The summed E-state index contributed by atoms with van der Waals surface area (Å²) in [6.07, 6.45) is 1.06. The first-order valence-corrected chi connectivity index (χ1v) is 7.98. The average molecular weight is 335 g/mol. The van der Waals surface area contributed by atoms with Crippen LogP contribution in [-0.2, 0) is 10.5 Å². The van der Waals surface area contributed by atoms with E-state index in [0.29, 0.717) is 11.8 Å². The van der Waals surface area contributed by atoms with Crippen LogP contribution in [0.4, 0.5) is 0 Å². The lowest BCUT2D eigenvalue weighted by Crippen LogP contribution is -2.39. The molecule has 1 saturated heterocycles. The number of nitrogens with one attached hydrogen (secondary N) is 1. The summed E-state index contributed by atoms with van der Waals surface area (Å²) in [5.41, 5.74) is 1.20. The van der Waals surface area contributed by atoms with E-state index < -0.39 is 0 Å². The van der Waals surface area contributed by atoms with Gasteiger partial charge in [-0.25, -0.2) is 0 Å². The summed E-state index contributed by atoms with van der Waals surface area (Å²) >= 11 is 7.49. The van der Waals surface area contributed by atoms with Gasteiger partial charge in [0.25, 0.3) is 0 Å². The first kappa shape index (κ1) is 17.6. The predicted molar refractivity (Wildman–Crippen MR) is 88.9 cm³/mol. The molecule has 112 valence electrons. The zero-order chi connectivity index (χ0) is 13.7. The number of benzene rings is 1. The molecule has 0 aromatic heterocycles. The molecule has 0 bridgehead atoms. The lowest BCUT2D eigenvalue weighted by molar-refractivity contribution is -0.128. The van der Waals surface area contributed by atoms with Gasteiger partial charge in [0, 0.05) is 30.4 Å². The molecule has 0 saturated carbocycles. The minimum atomic E-state index is 0. The quantitative estimate of drug-likeness (QED) is 0.898. The van der Waals surface area contributed by atoms with Crippen molar-refractivity contribution in [2.75, 3.05) is 25.9 Å². The molecule has 3 nitrogen and oxygen atoms in total. The highest BCUT2D eigenvalue weighted by Gasteiger charge is 2.22. The van der Waals surface area contributed by atoms with Crippen LogP contribution in [0.15, 0.2) is 24.3 Å². The van der Waals surface area contributed by atoms with Crippen molar-refractivity contribution in [3.63, 3.8) is 0 Å². The Bertz CT molecular complexity index is 422. The zero-order valence-corrected chi connectivity index (χ0v) is 13.9. The lowest BCUT2D eigenvalue weighted by Gasteiger charge is -2.23. The van der Waals surface area contributed by atoms with Crippen LogP contribution in [0.1, 0.15) is 12.0 Å². The Labute approximate surface area is 135 Å². The Morgan fingerprint density at radius 3 is 2.75 bits per heavy atom. The van der Waals surface area contributed by atoms with Gasteiger partial charge in [0.05, 0.1) is 5.75 Å². The molecule has 1 aliphatic rings. The van der Waals surface area contributed by atoms with Gasteiger partial charge in [-0.2, -0.15) is 0 Å². The number of nitrogens with zero attached hydrogens (tertiary/aromatic N) is 1. The van der Waals surface area contributed by atoms with E-state index in [1.54, 1.807) is 11.8 Å². The third kappa shape index (κ3) is 5.17. The van der Waals surface area contributed by atoms with Gasteiger partial charge in [-0.1, -0.05) is 23.7 Å². The number of hydrogen-bond donors (Lipinski definition) is 1. The molecule has 1 fully saturated rings.